The lowest BCUT2D eigenvalue weighted by atomic mass is 8.50. The zero-order chi connectivity index (χ0) is 14.6. The van der Waals surface area contributed by atoms with E-state index in [4.69, 9.17) is 63.3 Å². The number of hydrogen-bond donors (Lipinski definition) is 1. The number of halogens is 1. The van der Waals surface area contributed by atoms with Gasteiger partial charge in [0.2, 0.25) is 0 Å². The van der Waals surface area contributed by atoms with Crippen molar-refractivity contribution in [1.29, 1.82) is 0 Å². The molecular formula is HB15IN. The van der Waals surface area contributed by atoms with Gasteiger partial charge in [-0.15, -0.1) is 0 Å². The van der Waals surface area contributed by atoms with Crippen LogP contribution in [0.1, 0.15) is 0 Å². The lowest BCUT2D eigenvalue weighted by Crippen LogP contribution is -2.77. The Bertz CT molecular complexity index is 191. The molecule has 1 N–H and O–H groups in total. The highest BCUT2D eigenvalue weighted by atomic mass is 127. The summed E-state index contributed by atoms with van der Waals surface area (Å²) < 4.78 is 8.81. The van der Waals surface area contributed by atoms with Gasteiger partial charge in [0.15, 0.2) is 0 Å². The van der Waals surface area contributed by atoms with Crippen LogP contribution in [-0.4, -0.2) is 107 Å². The molecular weight excluding hydrogens is 303 g/mol. The van der Waals surface area contributed by atoms with Crippen LogP contribution >= 0.6 is 22.9 Å². The maximum atomic E-state index is 7.74. The van der Waals surface area contributed by atoms with Gasteiger partial charge in [-0.25, -0.2) is 0 Å². The topological polar surface area (TPSA) is 12.0 Å². The van der Waals surface area contributed by atoms with Crippen molar-refractivity contribution in [2.24, 2.45) is 0 Å². The largest absolute Gasteiger partial charge is 0.319 e. The van der Waals surface area contributed by atoms with E-state index in [0.717, 1.165) is 3.43 Å². The number of nitrogens with one attached hydrogen (secondary N) is 1. The molecule has 0 saturated carbocycles. The summed E-state index contributed by atoms with van der Waals surface area (Å²) in [5.41, 5.74) is 0. The Morgan fingerprint density at radius 2 is 0.941 bits per heavy atom. The molecule has 0 atom stereocenters. The highest BCUT2D eigenvalue weighted by Gasteiger charge is 2.41. The smallest absolute Gasteiger partial charge is 0.129 e. The molecule has 0 aliphatic heterocycles. The second-order valence-corrected chi connectivity index (χ2v) is 4.61. The average molecular weight is 306 g/mol. The van der Waals surface area contributed by atoms with Gasteiger partial charge in [-0.3, -0.25) is 0 Å². The van der Waals surface area contributed by atoms with Gasteiger partial charge in [0.05, 0.1) is 0 Å². The summed E-state index contributed by atoms with van der Waals surface area (Å²) in [6.45, 7) is -0.661. The van der Waals surface area contributed by atoms with E-state index in [0.29, 0.717) is 0 Å². The van der Waals surface area contributed by atoms with E-state index in [2.05, 4.69) is 0 Å². The molecule has 0 saturated heterocycles. The predicted molar refractivity (Wildman–Crippen MR) is 103 cm³/mol. The third-order valence-electron chi connectivity index (χ3n) is 2.68. The monoisotopic (exact) mass is 309 g/mol. The molecule has 0 amide bonds. The van der Waals surface area contributed by atoms with Crippen molar-refractivity contribution in [3.8, 4) is 0 Å². The van der Waals surface area contributed by atoms with Crippen LogP contribution < -0.4 is 3.43 Å². The van der Waals surface area contributed by atoms with E-state index < -0.39 is 44.9 Å². The molecule has 1 nitrogen and oxygen atoms in total. The summed E-state index contributed by atoms with van der Waals surface area (Å²) in [7, 11) is 45.2. The van der Waals surface area contributed by atoms with Crippen molar-refractivity contribution in [2.45, 2.75) is 0 Å². The molecule has 0 heterocycles. The Balaban J connectivity index is 5.37. The zero-order valence-electron chi connectivity index (χ0n) is 10.5. The maximum Gasteiger partial charge on any atom is 0.129 e. The van der Waals surface area contributed by atoms with Crippen LogP contribution in [0.25, 0.3) is 0 Å². The fraction of sp³-hybridized carbons (Fsp3) is 0. The lowest BCUT2D eigenvalue weighted by Gasteiger charge is -2.36. The first-order valence-corrected chi connectivity index (χ1v) is 6.06. The average Bonchev–Trinajstić information content (AvgIpc) is 2.13. The van der Waals surface area contributed by atoms with E-state index in [9.17, 15) is 0 Å². The van der Waals surface area contributed by atoms with E-state index in [1.165, 1.54) is 0 Å². The second kappa shape index (κ2) is 8.76. The molecule has 16 radical (unpaired) electrons. The standard InChI is InChI=1S/B15HIN/c1-9(2)13(10(3)4)15(17-16)14(11(5)6)12(7)8/h17H/i/hT. The van der Waals surface area contributed by atoms with Crippen LogP contribution in [0.4, 0.5) is 0 Å². The molecule has 17 heteroatoms. The number of hydrogen-bond acceptors (Lipinski definition) is 1. The molecule has 0 aromatic heterocycles. The first-order chi connectivity index (χ1) is 8.11. The van der Waals surface area contributed by atoms with Gasteiger partial charge >= 0.3 is 0 Å². The van der Waals surface area contributed by atoms with Gasteiger partial charge in [-0.2, -0.15) is 0 Å². The Hall–Kier alpha value is 1.66. The van der Waals surface area contributed by atoms with E-state index in [-0.39, 0.29) is 0 Å². The van der Waals surface area contributed by atoms with Crippen molar-refractivity contribution in [2.75, 3.05) is 0 Å². The van der Waals surface area contributed by atoms with Gasteiger partial charge in [0.25, 0.3) is 0 Å². The fourth-order valence-corrected chi connectivity index (χ4v) is 2.55. The van der Waals surface area contributed by atoms with Crippen LogP contribution in [-0.2, 0) is 0 Å². The molecule has 0 rings (SSSR count). The first-order valence-electron chi connectivity index (χ1n) is 5.54. The minimum Gasteiger partial charge on any atom is -0.319 e. The Morgan fingerprint density at radius 3 is 1.06 bits per heavy atom. The lowest BCUT2D eigenvalue weighted by molar-refractivity contribution is 1.79. The Kier molecular flexibility index (Phi) is 8.61. The third-order valence-corrected chi connectivity index (χ3v) is 3.32. The second-order valence-electron chi connectivity index (χ2n) is 4.05. The van der Waals surface area contributed by atoms with E-state index in [1.807, 2.05) is 0 Å². The van der Waals surface area contributed by atoms with Gasteiger partial charge in [0, 0.05) is 123 Å². The molecule has 0 spiro atoms. The van der Waals surface area contributed by atoms with E-state index >= 15 is 0 Å². The first kappa shape index (κ1) is 16.7. The predicted octanol–water partition coefficient (Wildman–Crippen LogP) is -5.32. The van der Waals surface area contributed by atoms with Gasteiger partial charge in [0.1, 0.15) is 8.04 Å². The quantitative estimate of drug-likeness (QED) is 0.281. The third kappa shape index (κ3) is 5.66. The van der Waals surface area contributed by atoms with Crippen LogP contribution in [0.15, 0.2) is 0 Å². The SMILES string of the molecule is [3H]N(I)B(B(B([B])[B])B([B])[B])B(B([B])[B])B([B])[B]. The molecule has 0 fully saturated rings. The van der Waals surface area contributed by atoms with Crippen molar-refractivity contribution >= 4 is 130 Å². The number of rotatable bonds is 7. The summed E-state index contributed by atoms with van der Waals surface area (Å²) in [4.78, 5) is 0. The molecule has 0 aliphatic rings. The van der Waals surface area contributed by atoms with Crippen LogP contribution in [0.5, 0.6) is 0 Å². The van der Waals surface area contributed by atoms with Crippen molar-refractivity contribution < 1.29 is 1.41 Å². The molecule has 58 valence electrons. The molecule has 0 aliphatic carbocycles. The molecule has 0 aromatic carbocycles. The molecule has 0 bridgehead atoms. The molecule has 0 aromatic rings. The van der Waals surface area contributed by atoms with Gasteiger partial charge in [-0.1, -0.05) is 0 Å². The van der Waals surface area contributed by atoms with Crippen molar-refractivity contribution in [3.05, 3.63) is 0 Å². The summed E-state index contributed by atoms with van der Waals surface area (Å²) in [6.07, 6.45) is -4.66. The fourth-order valence-electron chi connectivity index (χ4n) is 1.81. The minimum absolute atomic E-state index is 0.631. The molecule has 17 heavy (non-hydrogen) atoms. The highest BCUT2D eigenvalue weighted by Crippen LogP contribution is 2.01. The highest BCUT2D eigenvalue weighted by molar-refractivity contribution is 14.1. The van der Waals surface area contributed by atoms with Gasteiger partial charge < -0.3 is 3.43 Å². The van der Waals surface area contributed by atoms with Crippen LogP contribution in [0.2, 0.25) is 1.41 Å². The van der Waals surface area contributed by atoms with Crippen LogP contribution in [0, 0.1) is 0 Å². The van der Waals surface area contributed by atoms with Crippen molar-refractivity contribution in [1.82, 2.24) is 3.43 Å². The minimum atomic E-state index is -0.849. The van der Waals surface area contributed by atoms with Crippen LogP contribution in [0.3, 0.4) is 0 Å². The summed E-state index contributed by atoms with van der Waals surface area (Å²) in [6, 6.07) is 0. The Morgan fingerprint density at radius 1 is 0.706 bits per heavy atom. The summed E-state index contributed by atoms with van der Waals surface area (Å²) in [5.74, 6) is 0. The normalized spacial score (nSPS) is 10.4. The maximum absolute atomic E-state index is 7.74. The summed E-state index contributed by atoms with van der Waals surface area (Å²) in [5, 5.41) is 0. The van der Waals surface area contributed by atoms with E-state index in [1.54, 1.807) is 22.9 Å². The van der Waals surface area contributed by atoms with Gasteiger partial charge in [-0.05, 0) is 0 Å². The summed E-state index contributed by atoms with van der Waals surface area (Å²) >= 11 is 1.72. The zero-order valence-corrected chi connectivity index (χ0v) is 11.6. The Labute approximate surface area is 134 Å². The molecule has 0 unspecified atom stereocenters. The van der Waals surface area contributed by atoms with Crippen molar-refractivity contribution in [3.63, 3.8) is 0 Å².